The molecule has 1 rings (SSSR count). The maximum Gasteiger partial charge on any atom is 0.303 e. The number of hydrogen-bond donors (Lipinski definition) is 2. The Kier molecular flexibility index (Phi) is 7.22. The lowest BCUT2D eigenvalue weighted by atomic mass is 10.1. The van der Waals surface area contributed by atoms with Gasteiger partial charge in [0.1, 0.15) is 5.75 Å². The molecule has 0 aliphatic heterocycles. The Morgan fingerprint density at radius 3 is 2.76 bits per heavy atom. The predicted molar refractivity (Wildman–Crippen MR) is 83.4 cm³/mol. The first-order chi connectivity index (χ1) is 9.88. The summed E-state index contributed by atoms with van der Waals surface area (Å²) in [5.74, 6) is -0.295. The van der Waals surface area contributed by atoms with Crippen LogP contribution >= 0.6 is 15.9 Å². The van der Waals surface area contributed by atoms with Gasteiger partial charge in [-0.2, -0.15) is 0 Å². The maximum absolute atomic E-state index is 11.7. The average Bonchev–Trinajstić information content (AvgIpc) is 2.41. The topological polar surface area (TPSA) is 75.6 Å². The Bertz CT molecular complexity index is 504. The molecule has 0 saturated carbocycles. The van der Waals surface area contributed by atoms with Gasteiger partial charge in [-0.05, 0) is 52.9 Å². The summed E-state index contributed by atoms with van der Waals surface area (Å²) in [7, 11) is 0. The molecule has 1 aromatic carbocycles. The molecule has 0 aliphatic rings. The average molecular weight is 358 g/mol. The van der Waals surface area contributed by atoms with E-state index in [0.29, 0.717) is 18.7 Å². The van der Waals surface area contributed by atoms with Crippen molar-refractivity contribution in [1.29, 1.82) is 0 Å². The predicted octanol–water partition coefficient (Wildman–Crippen LogP) is 2.75. The Hall–Kier alpha value is -1.56. The summed E-state index contributed by atoms with van der Waals surface area (Å²) in [6.45, 7) is 4.26. The van der Waals surface area contributed by atoms with E-state index in [1.165, 1.54) is 0 Å². The normalized spacial score (nSPS) is 11.8. The number of ether oxygens (including phenoxy) is 1. The molecule has 1 amide bonds. The van der Waals surface area contributed by atoms with Gasteiger partial charge >= 0.3 is 5.97 Å². The van der Waals surface area contributed by atoms with Crippen LogP contribution in [0, 0.1) is 12.8 Å². The van der Waals surface area contributed by atoms with Crippen LogP contribution in [0.15, 0.2) is 22.7 Å². The second kappa shape index (κ2) is 8.67. The van der Waals surface area contributed by atoms with Gasteiger partial charge in [-0.3, -0.25) is 9.59 Å². The first-order valence-corrected chi connectivity index (χ1v) is 7.55. The zero-order chi connectivity index (χ0) is 15.8. The summed E-state index contributed by atoms with van der Waals surface area (Å²) >= 11 is 3.38. The molecule has 6 heteroatoms. The number of hydrogen-bond acceptors (Lipinski definition) is 3. The van der Waals surface area contributed by atoms with Crippen molar-refractivity contribution >= 4 is 27.8 Å². The largest absolute Gasteiger partial charge is 0.483 e. The monoisotopic (exact) mass is 357 g/mol. The molecule has 1 unspecified atom stereocenters. The molecule has 0 spiro atoms. The molecule has 116 valence electrons. The highest BCUT2D eigenvalue weighted by molar-refractivity contribution is 9.10. The highest BCUT2D eigenvalue weighted by Gasteiger charge is 2.09. The zero-order valence-electron chi connectivity index (χ0n) is 12.2. The molecule has 21 heavy (non-hydrogen) atoms. The minimum absolute atomic E-state index is 0.0622. The van der Waals surface area contributed by atoms with Crippen LogP contribution in [0.4, 0.5) is 0 Å². The van der Waals surface area contributed by atoms with E-state index in [-0.39, 0.29) is 24.9 Å². The third-order valence-electron chi connectivity index (χ3n) is 2.94. The molecule has 0 heterocycles. The second-order valence-corrected chi connectivity index (χ2v) is 5.92. The van der Waals surface area contributed by atoms with E-state index in [2.05, 4.69) is 21.2 Å². The molecule has 5 nitrogen and oxygen atoms in total. The Morgan fingerprint density at radius 1 is 1.43 bits per heavy atom. The molecule has 0 saturated heterocycles. The number of halogens is 1. The number of aliphatic carboxylic acids is 1. The van der Waals surface area contributed by atoms with Gasteiger partial charge < -0.3 is 15.2 Å². The number of carboxylic acid groups (broad SMARTS) is 1. The fourth-order valence-corrected chi connectivity index (χ4v) is 2.28. The van der Waals surface area contributed by atoms with E-state index in [9.17, 15) is 9.59 Å². The first kappa shape index (κ1) is 17.5. The summed E-state index contributed by atoms with van der Waals surface area (Å²) in [5, 5.41) is 11.3. The third kappa shape index (κ3) is 7.13. The number of rotatable bonds is 8. The molecule has 0 aliphatic carbocycles. The van der Waals surface area contributed by atoms with E-state index < -0.39 is 5.97 Å². The molecule has 1 aromatic rings. The highest BCUT2D eigenvalue weighted by atomic mass is 79.9. The van der Waals surface area contributed by atoms with Crippen LogP contribution in [0.2, 0.25) is 0 Å². The summed E-state index contributed by atoms with van der Waals surface area (Å²) in [6.07, 6.45) is 0.657. The first-order valence-electron chi connectivity index (χ1n) is 6.76. The molecule has 0 aromatic heterocycles. The van der Waals surface area contributed by atoms with Crippen molar-refractivity contribution in [2.24, 2.45) is 5.92 Å². The van der Waals surface area contributed by atoms with E-state index in [4.69, 9.17) is 9.84 Å². The van der Waals surface area contributed by atoms with Gasteiger partial charge in [0.05, 0.1) is 4.47 Å². The van der Waals surface area contributed by atoms with Crippen molar-refractivity contribution in [3.05, 3.63) is 28.2 Å². The summed E-state index contributed by atoms with van der Waals surface area (Å²) in [6, 6.07) is 5.63. The minimum Gasteiger partial charge on any atom is -0.483 e. The van der Waals surface area contributed by atoms with E-state index in [1.54, 1.807) is 0 Å². The summed E-state index contributed by atoms with van der Waals surface area (Å²) in [4.78, 5) is 22.1. The Balaban J connectivity index is 2.29. The fraction of sp³-hybridized carbons (Fsp3) is 0.467. The van der Waals surface area contributed by atoms with Gasteiger partial charge in [0.15, 0.2) is 6.61 Å². The molecular formula is C15H20BrNO4. The molecule has 0 bridgehead atoms. The highest BCUT2D eigenvalue weighted by Crippen LogP contribution is 2.25. The number of aryl methyl sites for hydroxylation is 1. The van der Waals surface area contributed by atoms with Crippen LogP contribution < -0.4 is 10.1 Å². The van der Waals surface area contributed by atoms with Gasteiger partial charge in [-0.15, -0.1) is 0 Å². The van der Waals surface area contributed by atoms with Crippen LogP contribution in [-0.4, -0.2) is 30.1 Å². The van der Waals surface area contributed by atoms with Gasteiger partial charge in [0.2, 0.25) is 0 Å². The van der Waals surface area contributed by atoms with Crippen molar-refractivity contribution in [2.75, 3.05) is 13.2 Å². The number of carbonyl (C=O) groups is 2. The van der Waals surface area contributed by atoms with Gasteiger partial charge in [0.25, 0.3) is 5.91 Å². The van der Waals surface area contributed by atoms with Crippen molar-refractivity contribution < 1.29 is 19.4 Å². The molecular weight excluding hydrogens is 338 g/mol. The molecule has 2 N–H and O–H groups in total. The molecule has 0 radical (unpaired) electrons. The number of carbonyl (C=O) groups excluding carboxylic acids is 1. The lowest BCUT2D eigenvalue weighted by molar-refractivity contribution is -0.137. The Labute approximate surface area is 132 Å². The van der Waals surface area contributed by atoms with Crippen LogP contribution in [-0.2, 0) is 9.59 Å². The number of benzene rings is 1. The maximum atomic E-state index is 11.7. The van der Waals surface area contributed by atoms with E-state index in [1.807, 2.05) is 32.0 Å². The standard InChI is InChI=1S/C15H20BrNO4/c1-10-3-5-13(12(16)7-10)21-9-14(18)17-8-11(2)4-6-15(19)20/h3,5,7,11H,4,6,8-9H2,1-2H3,(H,17,18)(H,19,20). The van der Waals surface area contributed by atoms with Crippen LogP contribution in [0.1, 0.15) is 25.3 Å². The van der Waals surface area contributed by atoms with Crippen molar-refractivity contribution in [3.8, 4) is 5.75 Å². The van der Waals surface area contributed by atoms with Gasteiger partial charge in [0, 0.05) is 13.0 Å². The minimum atomic E-state index is -0.819. The third-order valence-corrected chi connectivity index (χ3v) is 3.56. The number of amides is 1. The Morgan fingerprint density at radius 2 is 2.14 bits per heavy atom. The van der Waals surface area contributed by atoms with Crippen molar-refractivity contribution in [2.45, 2.75) is 26.7 Å². The van der Waals surface area contributed by atoms with Gasteiger partial charge in [-0.1, -0.05) is 13.0 Å². The van der Waals surface area contributed by atoms with Crippen LogP contribution in [0.3, 0.4) is 0 Å². The number of carboxylic acids is 1. The number of nitrogens with one attached hydrogen (secondary N) is 1. The lowest BCUT2D eigenvalue weighted by Crippen LogP contribution is -2.32. The van der Waals surface area contributed by atoms with E-state index >= 15 is 0 Å². The van der Waals surface area contributed by atoms with Crippen molar-refractivity contribution in [3.63, 3.8) is 0 Å². The van der Waals surface area contributed by atoms with Gasteiger partial charge in [-0.25, -0.2) is 0 Å². The van der Waals surface area contributed by atoms with Crippen LogP contribution in [0.5, 0.6) is 5.75 Å². The van der Waals surface area contributed by atoms with Crippen LogP contribution in [0.25, 0.3) is 0 Å². The zero-order valence-corrected chi connectivity index (χ0v) is 13.8. The second-order valence-electron chi connectivity index (χ2n) is 5.06. The smallest absolute Gasteiger partial charge is 0.303 e. The summed E-state index contributed by atoms with van der Waals surface area (Å²) in [5.41, 5.74) is 1.10. The van der Waals surface area contributed by atoms with E-state index in [0.717, 1.165) is 10.0 Å². The summed E-state index contributed by atoms with van der Waals surface area (Å²) < 4.78 is 6.24. The quantitative estimate of drug-likeness (QED) is 0.749. The molecule has 1 atom stereocenters. The van der Waals surface area contributed by atoms with Crippen molar-refractivity contribution in [1.82, 2.24) is 5.32 Å². The molecule has 0 fully saturated rings. The SMILES string of the molecule is Cc1ccc(OCC(=O)NCC(C)CCC(=O)O)c(Br)c1. The fourth-order valence-electron chi connectivity index (χ4n) is 1.68. The lowest BCUT2D eigenvalue weighted by Gasteiger charge is -2.12.